The average molecular weight is 527 g/mol. The van der Waals surface area contributed by atoms with Crippen molar-refractivity contribution < 1.29 is 32.6 Å². The predicted molar refractivity (Wildman–Crippen MR) is 139 cm³/mol. The van der Waals surface area contributed by atoms with E-state index in [4.69, 9.17) is 20.6 Å². The minimum Gasteiger partial charge on any atom is -0.497 e. The monoisotopic (exact) mass is 526 g/mol. The fourth-order valence-electron chi connectivity index (χ4n) is 5.26. The van der Waals surface area contributed by atoms with Crippen LogP contribution in [0.5, 0.6) is 17.2 Å². The number of anilines is 1. The molecule has 2 amide bonds. The molecule has 0 atom stereocenters. The van der Waals surface area contributed by atoms with Crippen molar-refractivity contribution in [3.05, 3.63) is 47.5 Å². The van der Waals surface area contributed by atoms with Crippen molar-refractivity contribution >= 4 is 17.5 Å². The SMILES string of the molecule is C#CC(=O)N(c1ccc2c(c1)OC(C)(C)C2)C1(C(=O)NCc2ccc(OC)cc2OC)CCC(F)(F)CC1. The average Bonchev–Trinajstić information content (AvgIpc) is 3.21. The van der Waals surface area contributed by atoms with E-state index in [0.29, 0.717) is 34.9 Å². The third-order valence-corrected chi connectivity index (χ3v) is 7.23. The van der Waals surface area contributed by atoms with Crippen LogP contribution in [-0.4, -0.2) is 43.1 Å². The Morgan fingerprint density at radius 1 is 1.08 bits per heavy atom. The first-order valence-corrected chi connectivity index (χ1v) is 12.4. The Morgan fingerprint density at radius 3 is 2.42 bits per heavy atom. The van der Waals surface area contributed by atoms with Crippen molar-refractivity contribution in [3.63, 3.8) is 0 Å². The summed E-state index contributed by atoms with van der Waals surface area (Å²) in [6.45, 7) is 3.94. The van der Waals surface area contributed by atoms with Crippen molar-refractivity contribution in [3.8, 4) is 29.6 Å². The van der Waals surface area contributed by atoms with Gasteiger partial charge in [-0.3, -0.25) is 14.5 Å². The van der Waals surface area contributed by atoms with Crippen molar-refractivity contribution in [1.82, 2.24) is 5.32 Å². The quantitative estimate of drug-likeness (QED) is 0.532. The van der Waals surface area contributed by atoms with Crippen LogP contribution in [0.1, 0.15) is 50.7 Å². The first-order chi connectivity index (χ1) is 17.9. The predicted octanol–water partition coefficient (Wildman–Crippen LogP) is 4.65. The molecule has 0 bridgehead atoms. The minimum absolute atomic E-state index is 0.0454. The van der Waals surface area contributed by atoms with Gasteiger partial charge in [0.15, 0.2) is 0 Å². The summed E-state index contributed by atoms with van der Waals surface area (Å²) in [5.41, 5.74) is -0.117. The molecule has 1 N–H and O–H groups in total. The zero-order valence-corrected chi connectivity index (χ0v) is 22.0. The van der Waals surface area contributed by atoms with Crippen LogP contribution in [0.25, 0.3) is 0 Å². The van der Waals surface area contributed by atoms with Crippen molar-refractivity contribution in [2.24, 2.45) is 0 Å². The number of fused-ring (bicyclic) bond motifs is 1. The lowest BCUT2D eigenvalue weighted by Gasteiger charge is -2.45. The number of carbonyl (C=O) groups is 2. The molecule has 0 spiro atoms. The summed E-state index contributed by atoms with van der Waals surface area (Å²) in [6, 6.07) is 10.3. The molecule has 9 heteroatoms. The lowest BCUT2D eigenvalue weighted by molar-refractivity contribution is -0.134. The van der Waals surface area contributed by atoms with Gasteiger partial charge in [-0.15, -0.1) is 6.42 Å². The third-order valence-electron chi connectivity index (χ3n) is 7.23. The van der Waals surface area contributed by atoms with Crippen LogP contribution in [-0.2, 0) is 22.6 Å². The number of ether oxygens (including phenoxy) is 3. The Morgan fingerprint density at radius 2 is 1.79 bits per heavy atom. The number of methoxy groups -OCH3 is 2. The summed E-state index contributed by atoms with van der Waals surface area (Å²) in [5.74, 6) is -0.571. The molecule has 1 heterocycles. The molecule has 38 heavy (non-hydrogen) atoms. The van der Waals surface area contributed by atoms with Gasteiger partial charge in [-0.05, 0) is 56.4 Å². The Hall–Kier alpha value is -3.80. The lowest BCUT2D eigenvalue weighted by atomic mass is 9.77. The highest BCUT2D eigenvalue weighted by molar-refractivity contribution is 6.11. The van der Waals surface area contributed by atoms with Gasteiger partial charge < -0.3 is 19.5 Å². The first kappa shape index (κ1) is 27.2. The van der Waals surface area contributed by atoms with E-state index in [1.165, 1.54) is 19.1 Å². The van der Waals surface area contributed by atoms with Gasteiger partial charge in [0, 0.05) is 49.2 Å². The number of carbonyl (C=O) groups excluding carboxylic acids is 2. The van der Waals surface area contributed by atoms with Crippen LogP contribution in [0.15, 0.2) is 36.4 Å². The zero-order chi connectivity index (χ0) is 27.7. The van der Waals surface area contributed by atoms with Gasteiger partial charge >= 0.3 is 5.91 Å². The highest BCUT2D eigenvalue weighted by Gasteiger charge is 2.53. The topological polar surface area (TPSA) is 77.1 Å². The van der Waals surface area contributed by atoms with Gasteiger partial charge in [0.05, 0.1) is 14.2 Å². The number of hydrogen-bond acceptors (Lipinski definition) is 5. The number of terminal acetylenes is 1. The fourth-order valence-corrected chi connectivity index (χ4v) is 5.26. The molecule has 2 aromatic carbocycles. The summed E-state index contributed by atoms with van der Waals surface area (Å²) in [4.78, 5) is 28.3. The highest BCUT2D eigenvalue weighted by atomic mass is 19.3. The van der Waals surface area contributed by atoms with Crippen molar-refractivity contribution in [2.45, 2.75) is 69.6 Å². The normalized spacial score (nSPS) is 18.3. The second-order valence-corrected chi connectivity index (χ2v) is 10.4. The molecule has 4 rings (SSSR count). The van der Waals surface area contributed by atoms with E-state index in [0.717, 1.165) is 5.56 Å². The number of halogens is 2. The molecule has 1 aliphatic carbocycles. The first-order valence-electron chi connectivity index (χ1n) is 12.4. The highest BCUT2D eigenvalue weighted by Crippen LogP contribution is 2.45. The molecular weight excluding hydrogens is 494 g/mol. The third kappa shape index (κ3) is 5.26. The molecule has 1 fully saturated rings. The van der Waals surface area contributed by atoms with Crippen LogP contribution < -0.4 is 24.4 Å². The number of alkyl halides is 2. The Labute approximate surface area is 221 Å². The van der Waals surface area contributed by atoms with Crippen molar-refractivity contribution in [2.75, 3.05) is 19.1 Å². The molecule has 1 aliphatic heterocycles. The van der Waals surface area contributed by atoms with Gasteiger partial charge in [0.25, 0.3) is 0 Å². The molecule has 0 aromatic heterocycles. The molecule has 0 radical (unpaired) electrons. The molecule has 2 aromatic rings. The maximum absolute atomic E-state index is 14.3. The molecule has 0 unspecified atom stereocenters. The Balaban J connectivity index is 1.71. The summed E-state index contributed by atoms with van der Waals surface area (Å²) >= 11 is 0. The number of rotatable bonds is 7. The fraction of sp³-hybridized carbons (Fsp3) is 0.448. The van der Waals surface area contributed by atoms with Gasteiger partial charge in [-0.25, -0.2) is 8.78 Å². The summed E-state index contributed by atoms with van der Waals surface area (Å²) in [7, 11) is 3.02. The van der Waals surface area contributed by atoms with E-state index in [9.17, 15) is 18.4 Å². The van der Waals surface area contributed by atoms with Crippen LogP contribution in [0.3, 0.4) is 0 Å². The maximum Gasteiger partial charge on any atom is 0.303 e. The zero-order valence-electron chi connectivity index (χ0n) is 22.0. The number of nitrogens with zero attached hydrogens (tertiary/aromatic N) is 1. The van der Waals surface area contributed by atoms with Crippen LogP contribution in [0.4, 0.5) is 14.5 Å². The van der Waals surface area contributed by atoms with E-state index in [1.807, 2.05) is 19.9 Å². The summed E-state index contributed by atoms with van der Waals surface area (Å²) in [6.07, 6.45) is 4.56. The number of benzene rings is 2. The van der Waals surface area contributed by atoms with Gasteiger partial charge in [-0.2, -0.15) is 0 Å². The molecule has 202 valence electrons. The standard InChI is InChI=1S/C29H32F2N2O5/c1-6-25(34)33(21-9-7-19-17-27(2,3)38-24(19)15-21)28(11-13-29(30,31)14-12-28)26(35)32-18-20-8-10-22(36-4)16-23(20)37-5/h1,7-10,15-16H,11-14,17-18H2,2-5H3,(H,32,35). The Kier molecular flexibility index (Phi) is 7.29. The molecular formula is C29H32F2N2O5. The largest absolute Gasteiger partial charge is 0.497 e. The Bertz CT molecular complexity index is 1270. The maximum atomic E-state index is 14.3. The molecule has 1 saturated carbocycles. The number of amides is 2. The second kappa shape index (κ2) is 10.2. The smallest absolute Gasteiger partial charge is 0.303 e. The summed E-state index contributed by atoms with van der Waals surface area (Å²) in [5, 5.41) is 2.85. The van der Waals surface area contributed by atoms with E-state index in [-0.39, 0.29) is 19.4 Å². The van der Waals surface area contributed by atoms with E-state index in [2.05, 4.69) is 11.2 Å². The van der Waals surface area contributed by atoms with E-state index in [1.54, 1.807) is 30.3 Å². The van der Waals surface area contributed by atoms with Gasteiger partial charge in [0.1, 0.15) is 28.4 Å². The van der Waals surface area contributed by atoms with Crippen molar-refractivity contribution in [1.29, 1.82) is 0 Å². The van der Waals surface area contributed by atoms with Crippen LogP contribution >= 0.6 is 0 Å². The minimum atomic E-state index is -2.95. The molecule has 2 aliphatic rings. The molecule has 0 saturated heterocycles. The van der Waals surface area contributed by atoms with Gasteiger partial charge in [-0.1, -0.05) is 6.07 Å². The molecule has 7 nitrogen and oxygen atoms in total. The summed E-state index contributed by atoms with van der Waals surface area (Å²) < 4.78 is 45.3. The number of hydrogen-bond donors (Lipinski definition) is 1. The van der Waals surface area contributed by atoms with Crippen LogP contribution in [0, 0.1) is 12.3 Å². The van der Waals surface area contributed by atoms with Gasteiger partial charge in [0.2, 0.25) is 11.8 Å². The van der Waals surface area contributed by atoms with E-state index < -0.39 is 41.7 Å². The number of nitrogens with one attached hydrogen (secondary N) is 1. The lowest BCUT2D eigenvalue weighted by Crippen LogP contribution is -2.63. The van der Waals surface area contributed by atoms with E-state index >= 15 is 0 Å². The van der Waals surface area contributed by atoms with Crippen LogP contribution in [0.2, 0.25) is 0 Å². The second-order valence-electron chi connectivity index (χ2n) is 10.4.